The lowest BCUT2D eigenvalue weighted by Gasteiger charge is -2.39. The zero-order valence-electron chi connectivity index (χ0n) is 16.3. The Morgan fingerprint density at radius 1 is 0.800 bits per heavy atom. The number of piperazine rings is 1. The van der Waals surface area contributed by atoms with Crippen LogP contribution in [0.5, 0.6) is 0 Å². The van der Waals surface area contributed by atoms with Crippen molar-refractivity contribution in [1.29, 1.82) is 0 Å². The van der Waals surface area contributed by atoms with Gasteiger partial charge in [-0.15, -0.1) is 0 Å². The molecule has 1 atom stereocenters. The Morgan fingerprint density at radius 2 is 1.43 bits per heavy atom. The van der Waals surface area contributed by atoms with Crippen molar-refractivity contribution in [3.8, 4) is 0 Å². The molecule has 1 heterocycles. The van der Waals surface area contributed by atoms with Crippen LogP contribution in [0.4, 0.5) is 0 Å². The van der Waals surface area contributed by atoms with Crippen LogP contribution in [-0.2, 0) is 10.0 Å². The molecule has 4 nitrogen and oxygen atoms in total. The summed E-state index contributed by atoms with van der Waals surface area (Å²) in [5, 5.41) is 0.425. The first-order valence-electron chi connectivity index (χ1n) is 9.75. The van der Waals surface area contributed by atoms with Gasteiger partial charge in [0.25, 0.3) is 0 Å². The predicted molar refractivity (Wildman–Crippen MR) is 124 cm³/mol. The first-order valence-corrected chi connectivity index (χ1v) is 12.4. The third kappa shape index (κ3) is 4.63. The predicted octanol–water partition coefficient (Wildman–Crippen LogP) is 5.20. The Labute approximate surface area is 191 Å². The molecule has 156 valence electrons. The van der Waals surface area contributed by atoms with Crippen molar-refractivity contribution in [2.75, 3.05) is 26.2 Å². The zero-order valence-corrected chi connectivity index (χ0v) is 19.4. The summed E-state index contributed by atoms with van der Waals surface area (Å²) in [6.07, 6.45) is 0. The van der Waals surface area contributed by atoms with Crippen molar-refractivity contribution in [3.63, 3.8) is 0 Å². The van der Waals surface area contributed by atoms with Gasteiger partial charge < -0.3 is 0 Å². The number of hydrogen-bond acceptors (Lipinski definition) is 3. The van der Waals surface area contributed by atoms with Crippen LogP contribution in [0, 0.1) is 0 Å². The Bertz CT molecular complexity index is 1100. The van der Waals surface area contributed by atoms with E-state index in [4.69, 9.17) is 11.6 Å². The second-order valence-electron chi connectivity index (χ2n) is 7.26. The van der Waals surface area contributed by atoms with Gasteiger partial charge in [-0.3, -0.25) is 4.90 Å². The summed E-state index contributed by atoms with van der Waals surface area (Å²) >= 11 is 9.51. The molecule has 0 bridgehead atoms. The highest BCUT2D eigenvalue weighted by Crippen LogP contribution is 2.31. The quantitative estimate of drug-likeness (QED) is 0.479. The van der Waals surface area contributed by atoms with Gasteiger partial charge in [-0.2, -0.15) is 4.31 Å². The molecule has 7 heteroatoms. The summed E-state index contributed by atoms with van der Waals surface area (Å²) in [7, 11) is -3.55. The van der Waals surface area contributed by atoms with E-state index in [2.05, 4.69) is 45.1 Å². The van der Waals surface area contributed by atoms with E-state index >= 15 is 0 Å². The molecule has 0 spiro atoms. The highest BCUT2D eigenvalue weighted by molar-refractivity contribution is 9.10. The van der Waals surface area contributed by atoms with Crippen LogP contribution in [0.2, 0.25) is 5.02 Å². The summed E-state index contributed by atoms with van der Waals surface area (Å²) in [6.45, 7) is 2.17. The average Bonchev–Trinajstić information content (AvgIpc) is 2.76. The van der Waals surface area contributed by atoms with E-state index in [-0.39, 0.29) is 10.9 Å². The third-order valence-electron chi connectivity index (χ3n) is 5.37. The van der Waals surface area contributed by atoms with Gasteiger partial charge in [0, 0.05) is 35.7 Å². The lowest BCUT2D eigenvalue weighted by atomic mass is 9.96. The standard InChI is InChI=1S/C23H22BrClN2O2S/c24-20-11-9-19(10-12-20)23(18-5-2-1-3-6-18)26-13-15-27(16-14-26)30(28,29)22-8-4-7-21(25)17-22/h1-12,17,23H,13-16H2. The summed E-state index contributed by atoms with van der Waals surface area (Å²) in [5.41, 5.74) is 2.39. The van der Waals surface area contributed by atoms with E-state index in [0.717, 1.165) is 4.47 Å². The topological polar surface area (TPSA) is 40.6 Å². The SMILES string of the molecule is O=S(=O)(c1cccc(Cl)c1)N1CCN(C(c2ccccc2)c2ccc(Br)cc2)CC1. The molecule has 30 heavy (non-hydrogen) atoms. The first kappa shape index (κ1) is 21.5. The Hall–Kier alpha value is -1.70. The Morgan fingerprint density at radius 3 is 2.07 bits per heavy atom. The molecule has 3 aromatic carbocycles. The van der Waals surface area contributed by atoms with E-state index in [9.17, 15) is 8.42 Å². The minimum atomic E-state index is -3.55. The first-order chi connectivity index (χ1) is 14.4. The average molecular weight is 506 g/mol. The second kappa shape index (κ2) is 9.20. The van der Waals surface area contributed by atoms with Gasteiger partial charge in [0.1, 0.15) is 0 Å². The van der Waals surface area contributed by atoms with Gasteiger partial charge in [0.2, 0.25) is 10.0 Å². The van der Waals surface area contributed by atoms with Crippen LogP contribution < -0.4 is 0 Å². The van der Waals surface area contributed by atoms with E-state index in [1.165, 1.54) is 17.2 Å². The molecular weight excluding hydrogens is 484 g/mol. The van der Waals surface area contributed by atoms with Crippen LogP contribution >= 0.6 is 27.5 Å². The normalized spacial score (nSPS) is 17.0. The maximum atomic E-state index is 13.0. The molecule has 0 aliphatic carbocycles. The monoisotopic (exact) mass is 504 g/mol. The number of rotatable bonds is 5. The molecule has 1 aliphatic heterocycles. The molecule has 0 saturated carbocycles. The molecule has 1 aliphatic rings. The Kier molecular flexibility index (Phi) is 6.60. The molecule has 0 radical (unpaired) electrons. The van der Waals surface area contributed by atoms with Crippen LogP contribution in [0.3, 0.4) is 0 Å². The number of halogens is 2. The van der Waals surface area contributed by atoms with E-state index < -0.39 is 10.0 Å². The summed E-state index contributed by atoms with van der Waals surface area (Å²) in [5.74, 6) is 0. The molecule has 0 aromatic heterocycles. The third-order valence-corrected chi connectivity index (χ3v) is 8.03. The number of hydrogen-bond donors (Lipinski definition) is 0. The lowest BCUT2D eigenvalue weighted by molar-refractivity contribution is 0.156. The van der Waals surface area contributed by atoms with Gasteiger partial charge in [-0.25, -0.2) is 8.42 Å². The molecule has 0 N–H and O–H groups in total. The van der Waals surface area contributed by atoms with Crippen molar-refractivity contribution in [1.82, 2.24) is 9.21 Å². The number of nitrogens with zero attached hydrogens (tertiary/aromatic N) is 2. The van der Waals surface area contributed by atoms with E-state index in [1.54, 1.807) is 22.5 Å². The van der Waals surface area contributed by atoms with Gasteiger partial charge in [-0.1, -0.05) is 76.1 Å². The van der Waals surface area contributed by atoms with Crippen molar-refractivity contribution in [2.24, 2.45) is 0 Å². The minimum absolute atomic E-state index is 0.0790. The summed E-state index contributed by atoms with van der Waals surface area (Å²) in [6, 6.07) is 25.2. The van der Waals surface area contributed by atoms with Gasteiger partial charge in [0.05, 0.1) is 10.9 Å². The largest absolute Gasteiger partial charge is 0.290 e. The van der Waals surface area contributed by atoms with Gasteiger partial charge in [-0.05, 0) is 41.5 Å². The van der Waals surface area contributed by atoms with Gasteiger partial charge in [0.15, 0.2) is 0 Å². The molecule has 3 aromatic rings. The van der Waals surface area contributed by atoms with E-state index in [1.807, 2.05) is 30.3 Å². The zero-order chi connectivity index (χ0) is 21.1. The summed E-state index contributed by atoms with van der Waals surface area (Å²) < 4.78 is 28.7. The highest BCUT2D eigenvalue weighted by Gasteiger charge is 2.32. The van der Waals surface area contributed by atoms with Crippen LogP contribution in [0.1, 0.15) is 17.2 Å². The fourth-order valence-corrected chi connectivity index (χ4v) is 5.86. The van der Waals surface area contributed by atoms with Crippen molar-refractivity contribution in [3.05, 3.63) is 99.5 Å². The number of benzene rings is 3. The lowest BCUT2D eigenvalue weighted by Crippen LogP contribution is -2.49. The molecule has 1 fully saturated rings. The smallest absolute Gasteiger partial charge is 0.243 e. The fourth-order valence-electron chi connectivity index (χ4n) is 3.87. The second-order valence-corrected chi connectivity index (χ2v) is 10.6. The maximum Gasteiger partial charge on any atom is 0.243 e. The van der Waals surface area contributed by atoms with Crippen molar-refractivity contribution >= 4 is 37.6 Å². The molecule has 1 unspecified atom stereocenters. The fraction of sp³-hybridized carbons (Fsp3) is 0.217. The van der Waals surface area contributed by atoms with Crippen LogP contribution in [0.25, 0.3) is 0 Å². The Balaban J connectivity index is 1.56. The van der Waals surface area contributed by atoms with Crippen LogP contribution in [0.15, 0.2) is 88.2 Å². The van der Waals surface area contributed by atoms with E-state index in [0.29, 0.717) is 31.2 Å². The molecular formula is C23H22BrClN2O2S. The minimum Gasteiger partial charge on any atom is -0.290 e. The maximum absolute atomic E-state index is 13.0. The van der Waals surface area contributed by atoms with Crippen molar-refractivity contribution in [2.45, 2.75) is 10.9 Å². The summed E-state index contributed by atoms with van der Waals surface area (Å²) in [4.78, 5) is 2.60. The molecule has 1 saturated heterocycles. The van der Waals surface area contributed by atoms with Crippen molar-refractivity contribution < 1.29 is 8.42 Å². The molecule has 4 rings (SSSR count). The van der Waals surface area contributed by atoms with Gasteiger partial charge >= 0.3 is 0 Å². The molecule has 0 amide bonds. The number of sulfonamides is 1. The van der Waals surface area contributed by atoms with Crippen LogP contribution in [-0.4, -0.2) is 43.8 Å². The highest BCUT2D eigenvalue weighted by atomic mass is 79.9.